The lowest BCUT2D eigenvalue weighted by Gasteiger charge is -2.08. The molecule has 0 aliphatic rings. The van der Waals surface area contributed by atoms with Crippen molar-refractivity contribution in [2.75, 3.05) is 5.75 Å². The molecule has 1 aromatic carbocycles. The number of amides is 1. The second kappa shape index (κ2) is 7.44. The first kappa shape index (κ1) is 15.1. The molecule has 0 unspecified atom stereocenters. The highest BCUT2D eigenvalue weighted by atomic mass is 32.2. The van der Waals surface area contributed by atoms with Crippen LogP contribution in [0.4, 0.5) is 0 Å². The number of nitrogens with one attached hydrogen (secondary N) is 1. The van der Waals surface area contributed by atoms with Crippen molar-refractivity contribution in [3.05, 3.63) is 35.4 Å². The van der Waals surface area contributed by atoms with Crippen LogP contribution in [0.1, 0.15) is 18.1 Å². The van der Waals surface area contributed by atoms with Crippen LogP contribution in [0.25, 0.3) is 0 Å². The lowest BCUT2D eigenvalue weighted by atomic mass is 10.2. The van der Waals surface area contributed by atoms with Crippen molar-refractivity contribution in [1.82, 2.24) is 5.32 Å². The van der Waals surface area contributed by atoms with Crippen molar-refractivity contribution in [3.8, 4) is 6.07 Å². The molecule has 0 fully saturated rings. The van der Waals surface area contributed by atoms with Crippen LogP contribution in [0, 0.1) is 11.3 Å². The van der Waals surface area contributed by atoms with Crippen LogP contribution in [0.5, 0.6) is 0 Å². The third-order valence-corrected chi connectivity index (χ3v) is 3.34. The third kappa shape index (κ3) is 5.44. The molecule has 0 bridgehead atoms. The van der Waals surface area contributed by atoms with Crippen molar-refractivity contribution in [1.29, 1.82) is 5.26 Å². The molecule has 0 heterocycles. The van der Waals surface area contributed by atoms with E-state index < -0.39 is 12.0 Å². The largest absolute Gasteiger partial charge is 0.480 e. The summed E-state index contributed by atoms with van der Waals surface area (Å²) < 4.78 is 0. The van der Waals surface area contributed by atoms with Gasteiger partial charge in [0.05, 0.1) is 17.4 Å². The molecule has 1 rings (SSSR count). The molecule has 19 heavy (non-hydrogen) atoms. The van der Waals surface area contributed by atoms with Gasteiger partial charge in [-0.25, -0.2) is 0 Å². The maximum Gasteiger partial charge on any atom is 0.325 e. The summed E-state index contributed by atoms with van der Waals surface area (Å²) in [5.74, 6) is -0.503. The molecule has 0 saturated carbocycles. The van der Waals surface area contributed by atoms with E-state index in [-0.39, 0.29) is 11.7 Å². The first-order valence-electron chi connectivity index (χ1n) is 5.62. The van der Waals surface area contributed by atoms with E-state index in [0.29, 0.717) is 11.3 Å². The molecule has 1 aromatic rings. The summed E-state index contributed by atoms with van der Waals surface area (Å²) >= 11 is 1.39. The Kier molecular flexibility index (Phi) is 5.90. The molecule has 0 spiro atoms. The number of hydrogen-bond donors (Lipinski definition) is 2. The van der Waals surface area contributed by atoms with Crippen LogP contribution in [0.3, 0.4) is 0 Å². The number of nitrogens with zero attached hydrogens (tertiary/aromatic N) is 1. The molecule has 2 N–H and O–H groups in total. The zero-order chi connectivity index (χ0) is 14.3. The highest BCUT2D eigenvalue weighted by Crippen LogP contribution is 2.12. The van der Waals surface area contributed by atoms with Gasteiger partial charge in [-0.2, -0.15) is 5.26 Å². The van der Waals surface area contributed by atoms with E-state index in [4.69, 9.17) is 10.4 Å². The fraction of sp³-hybridized carbons (Fsp3) is 0.308. The standard InChI is InChI=1S/C13H14N2O3S/c1-9(13(17)18)15-12(16)8-19-7-11-4-2-10(6-14)3-5-11/h2-5,9H,7-8H2,1H3,(H,15,16)(H,17,18)/t9-/m1/s1. The van der Waals surface area contributed by atoms with E-state index in [1.165, 1.54) is 18.7 Å². The Balaban J connectivity index is 2.31. The number of benzene rings is 1. The van der Waals surface area contributed by atoms with Crippen molar-refractivity contribution < 1.29 is 14.7 Å². The average Bonchev–Trinajstić information content (AvgIpc) is 2.39. The van der Waals surface area contributed by atoms with Gasteiger partial charge in [-0.1, -0.05) is 12.1 Å². The fourth-order valence-corrected chi connectivity index (χ4v) is 2.08. The van der Waals surface area contributed by atoms with Crippen molar-refractivity contribution in [2.45, 2.75) is 18.7 Å². The maximum absolute atomic E-state index is 11.4. The first-order chi connectivity index (χ1) is 9.02. The quantitative estimate of drug-likeness (QED) is 0.820. The molecule has 0 radical (unpaired) electrons. The summed E-state index contributed by atoms with van der Waals surface area (Å²) in [4.78, 5) is 22.0. The smallest absolute Gasteiger partial charge is 0.325 e. The Bertz CT molecular complexity index is 494. The van der Waals surface area contributed by atoms with Gasteiger partial charge in [-0.05, 0) is 24.6 Å². The normalized spacial score (nSPS) is 11.4. The van der Waals surface area contributed by atoms with Crippen LogP contribution in [0.2, 0.25) is 0 Å². The lowest BCUT2D eigenvalue weighted by molar-refractivity contribution is -0.140. The van der Waals surface area contributed by atoms with Crippen LogP contribution in [-0.2, 0) is 15.3 Å². The predicted molar refractivity (Wildman–Crippen MR) is 72.6 cm³/mol. The number of hydrogen-bond acceptors (Lipinski definition) is 4. The molecule has 0 aliphatic heterocycles. The zero-order valence-electron chi connectivity index (χ0n) is 10.4. The van der Waals surface area contributed by atoms with Crippen molar-refractivity contribution >= 4 is 23.6 Å². The predicted octanol–water partition coefficient (Wildman–Crippen LogP) is 1.38. The van der Waals surface area contributed by atoms with Crippen LogP contribution in [0.15, 0.2) is 24.3 Å². The Morgan fingerprint density at radius 3 is 2.58 bits per heavy atom. The number of rotatable bonds is 6. The zero-order valence-corrected chi connectivity index (χ0v) is 11.2. The monoisotopic (exact) mass is 278 g/mol. The van der Waals surface area contributed by atoms with Crippen molar-refractivity contribution in [3.63, 3.8) is 0 Å². The third-order valence-electron chi connectivity index (χ3n) is 2.33. The van der Waals surface area contributed by atoms with Crippen LogP contribution < -0.4 is 5.32 Å². The molecule has 0 aliphatic carbocycles. The van der Waals surface area contributed by atoms with Gasteiger partial charge in [-0.3, -0.25) is 9.59 Å². The highest BCUT2D eigenvalue weighted by molar-refractivity contribution is 7.99. The minimum atomic E-state index is -1.05. The fourth-order valence-electron chi connectivity index (χ4n) is 1.28. The molecule has 5 nitrogen and oxygen atoms in total. The Morgan fingerprint density at radius 2 is 2.05 bits per heavy atom. The average molecular weight is 278 g/mol. The molecular weight excluding hydrogens is 264 g/mol. The molecule has 1 atom stereocenters. The molecule has 1 amide bonds. The highest BCUT2D eigenvalue weighted by Gasteiger charge is 2.13. The maximum atomic E-state index is 11.4. The van der Waals surface area contributed by atoms with Gasteiger partial charge >= 0.3 is 5.97 Å². The Morgan fingerprint density at radius 1 is 1.42 bits per heavy atom. The summed E-state index contributed by atoms with van der Waals surface area (Å²) in [5.41, 5.74) is 1.62. The van der Waals surface area contributed by atoms with Crippen molar-refractivity contribution in [2.24, 2.45) is 0 Å². The second-order valence-corrected chi connectivity index (χ2v) is 4.91. The molecule has 6 heteroatoms. The summed E-state index contributed by atoms with van der Waals surface area (Å²) in [5, 5.41) is 19.7. The summed E-state index contributed by atoms with van der Waals surface area (Å²) in [6.45, 7) is 1.42. The molecule has 100 valence electrons. The van der Waals surface area contributed by atoms with E-state index in [1.54, 1.807) is 12.1 Å². The second-order valence-electron chi connectivity index (χ2n) is 3.93. The minimum Gasteiger partial charge on any atom is -0.480 e. The van der Waals surface area contributed by atoms with E-state index in [1.807, 2.05) is 18.2 Å². The van der Waals surface area contributed by atoms with Gasteiger partial charge in [0.25, 0.3) is 0 Å². The molecule has 0 aromatic heterocycles. The van der Waals surface area contributed by atoms with E-state index >= 15 is 0 Å². The Labute approximate surface area is 115 Å². The van der Waals surface area contributed by atoms with Gasteiger partial charge < -0.3 is 10.4 Å². The number of aliphatic carboxylic acids is 1. The summed E-state index contributed by atoms with van der Waals surface area (Å²) in [6.07, 6.45) is 0. The van der Waals surface area contributed by atoms with Gasteiger partial charge in [-0.15, -0.1) is 11.8 Å². The number of carbonyl (C=O) groups excluding carboxylic acids is 1. The molecule has 0 saturated heterocycles. The Hall–Kier alpha value is -2.00. The van der Waals surface area contributed by atoms with Gasteiger partial charge in [0.15, 0.2) is 0 Å². The summed E-state index contributed by atoms with van der Waals surface area (Å²) in [7, 11) is 0. The SMILES string of the molecule is C[C@@H](NC(=O)CSCc1ccc(C#N)cc1)C(=O)O. The number of nitriles is 1. The van der Waals surface area contributed by atoms with E-state index in [9.17, 15) is 9.59 Å². The van der Waals surface area contributed by atoms with Gasteiger partial charge in [0, 0.05) is 5.75 Å². The van der Waals surface area contributed by atoms with Crippen LogP contribution in [-0.4, -0.2) is 28.8 Å². The number of carbonyl (C=O) groups is 2. The summed E-state index contributed by atoms with van der Waals surface area (Å²) in [6, 6.07) is 8.28. The number of carboxylic acids is 1. The van der Waals surface area contributed by atoms with E-state index in [2.05, 4.69) is 5.32 Å². The number of carboxylic acid groups (broad SMARTS) is 1. The van der Waals surface area contributed by atoms with Gasteiger partial charge in [0.1, 0.15) is 6.04 Å². The minimum absolute atomic E-state index is 0.206. The molecular formula is C13H14N2O3S. The van der Waals surface area contributed by atoms with E-state index in [0.717, 1.165) is 5.56 Å². The first-order valence-corrected chi connectivity index (χ1v) is 6.77. The van der Waals surface area contributed by atoms with Crippen LogP contribution >= 0.6 is 11.8 Å². The number of thioether (sulfide) groups is 1. The van der Waals surface area contributed by atoms with Gasteiger partial charge in [0.2, 0.25) is 5.91 Å². The topological polar surface area (TPSA) is 90.2 Å². The lowest BCUT2D eigenvalue weighted by Crippen LogP contribution is -2.39.